The molecule has 9 heteroatoms. The Balaban J connectivity index is 1.31. The predicted octanol–water partition coefficient (Wildman–Crippen LogP) is 7.09. The van der Waals surface area contributed by atoms with Crippen LogP contribution < -0.4 is 0 Å². The Morgan fingerprint density at radius 3 is 2.54 bits per heavy atom. The Labute approximate surface area is 244 Å². The van der Waals surface area contributed by atoms with Crippen molar-refractivity contribution in [1.82, 2.24) is 14.1 Å². The molecule has 1 saturated carbocycles. The fraction of sp³-hybridized carbons (Fsp3) is 0.281. The Morgan fingerprint density at radius 1 is 1.05 bits per heavy atom. The van der Waals surface area contributed by atoms with Crippen LogP contribution in [0.5, 0.6) is 0 Å². The molecule has 2 aliphatic carbocycles. The Hall–Kier alpha value is -3.33. The number of benzene rings is 3. The van der Waals surface area contributed by atoms with Crippen molar-refractivity contribution in [1.29, 1.82) is 0 Å². The Morgan fingerprint density at radius 2 is 1.78 bits per heavy atom. The van der Waals surface area contributed by atoms with E-state index >= 15 is 0 Å². The van der Waals surface area contributed by atoms with Crippen LogP contribution in [0.3, 0.4) is 0 Å². The van der Waals surface area contributed by atoms with Crippen molar-refractivity contribution >= 4 is 27.7 Å². The summed E-state index contributed by atoms with van der Waals surface area (Å²) in [4.78, 5) is 0.0561. The maximum atomic E-state index is 14.5. The molecule has 2 atom stereocenters. The number of allylic oxidation sites excluding steroid dienone is 1. The van der Waals surface area contributed by atoms with Crippen molar-refractivity contribution in [2.75, 3.05) is 13.1 Å². The van der Waals surface area contributed by atoms with Gasteiger partial charge in [-0.05, 0) is 96.7 Å². The molecular weight excluding hydrogens is 564 g/mol. The van der Waals surface area contributed by atoms with Gasteiger partial charge in [0, 0.05) is 13.1 Å². The highest BCUT2D eigenvalue weighted by Crippen LogP contribution is 2.53. The van der Waals surface area contributed by atoms with Crippen LogP contribution in [0.4, 0.5) is 8.78 Å². The van der Waals surface area contributed by atoms with Gasteiger partial charge in [-0.3, -0.25) is 0 Å². The van der Waals surface area contributed by atoms with Crippen LogP contribution in [0.25, 0.3) is 11.8 Å². The monoisotopic (exact) mass is 593 g/mol. The minimum atomic E-state index is -3.95. The van der Waals surface area contributed by atoms with Crippen LogP contribution in [-0.2, 0) is 22.9 Å². The molecule has 3 aromatic carbocycles. The summed E-state index contributed by atoms with van der Waals surface area (Å²) >= 11 is 6.36. The van der Waals surface area contributed by atoms with E-state index < -0.39 is 10.0 Å². The minimum Gasteiger partial charge on any atom is -0.233 e. The largest absolute Gasteiger partial charge is 0.244 e. The number of sulfonamides is 1. The molecule has 0 spiro atoms. The first kappa shape index (κ1) is 27.8. The summed E-state index contributed by atoms with van der Waals surface area (Å²) in [6.45, 7) is 2.62. The molecule has 1 fully saturated rings. The van der Waals surface area contributed by atoms with E-state index in [1.807, 2.05) is 10.9 Å². The van der Waals surface area contributed by atoms with Gasteiger partial charge in [0.2, 0.25) is 10.0 Å². The SMILES string of the molecule is C[C@]12Cc3cnn(-c4ccc(F)cc4)c3C=C1CC[C@@H]2CN(CCc1ccccc1F)S(=O)(=O)c1ccccc1Cl. The summed E-state index contributed by atoms with van der Waals surface area (Å²) in [7, 11) is -3.95. The van der Waals surface area contributed by atoms with Gasteiger partial charge in [0.05, 0.1) is 22.6 Å². The summed E-state index contributed by atoms with van der Waals surface area (Å²) in [5, 5.41) is 4.76. The van der Waals surface area contributed by atoms with Crippen molar-refractivity contribution in [3.8, 4) is 5.69 Å². The smallest absolute Gasteiger partial charge is 0.233 e. The summed E-state index contributed by atoms with van der Waals surface area (Å²) in [6, 6.07) is 19.2. The lowest BCUT2D eigenvalue weighted by Gasteiger charge is -2.38. The van der Waals surface area contributed by atoms with Crippen LogP contribution in [-0.4, -0.2) is 35.6 Å². The summed E-state index contributed by atoms with van der Waals surface area (Å²) < 4.78 is 59.3. The number of hydrogen-bond donors (Lipinski definition) is 0. The third-order valence-corrected chi connectivity index (χ3v) is 11.1. The number of halogens is 3. The lowest BCUT2D eigenvalue weighted by atomic mass is 9.70. The van der Waals surface area contributed by atoms with Gasteiger partial charge in [0.15, 0.2) is 0 Å². The van der Waals surface area contributed by atoms with Gasteiger partial charge in [0.25, 0.3) is 0 Å². The first-order valence-corrected chi connectivity index (χ1v) is 15.5. The first-order valence-electron chi connectivity index (χ1n) is 13.7. The van der Waals surface area contributed by atoms with E-state index in [1.165, 1.54) is 34.1 Å². The van der Waals surface area contributed by atoms with Gasteiger partial charge in [-0.2, -0.15) is 9.40 Å². The molecular formula is C32H30ClF2N3O2S. The molecule has 0 N–H and O–H groups in total. The summed E-state index contributed by atoms with van der Waals surface area (Å²) in [5.41, 5.74) is 4.29. The number of hydrogen-bond acceptors (Lipinski definition) is 3. The van der Waals surface area contributed by atoms with Crippen molar-refractivity contribution in [3.63, 3.8) is 0 Å². The standard InChI is InChI=1S/C32H30ClF2N3O2S/c1-32-19-23-20-36-38(27-14-12-26(34)13-15-27)30(23)18-24(32)10-11-25(32)21-37(17-16-22-6-2-4-8-29(22)35)41(39,40)31-9-5-3-7-28(31)33/h2-9,12-15,18,20,25H,10-11,16-17,19,21H2,1H3/t25-,32+/m1/s1. The molecule has 0 aliphatic heterocycles. The van der Waals surface area contributed by atoms with Crippen molar-refractivity contribution < 1.29 is 17.2 Å². The Bertz CT molecular complexity index is 1740. The van der Waals surface area contributed by atoms with Crippen LogP contribution >= 0.6 is 11.6 Å². The van der Waals surface area contributed by atoms with Crippen LogP contribution in [0.15, 0.2) is 89.5 Å². The van der Waals surface area contributed by atoms with Gasteiger partial charge in [-0.1, -0.05) is 54.4 Å². The van der Waals surface area contributed by atoms with Gasteiger partial charge < -0.3 is 0 Å². The molecule has 2 aliphatic rings. The normalized spacial score (nSPS) is 20.1. The van der Waals surface area contributed by atoms with Crippen molar-refractivity contribution in [2.24, 2.45) is 11.3 Å². The van der Waals surface area contributed by atoms with E-state index in [1.54, 1.807) is 48.5 Å². The Kier molecular flexibility index (Phi) is 7.34. The lowest BCUT2D eigenvalue weighted by molar-refractivity contribution is 0.221. The van der Waals surface area contributed by atoms with Gasteiger partial charge >= 0.3 is 0 Å². The molecule has 1 heterocycles. The zero-order valence-electron chi connectivity index (χ0n) is 22.6. The quantitative estimate of drug-likeness (QED) is 0.219. The average Bonchev–Trinajstić information content (AvgIpc) is 3.50. The number of aromatic nitrogens is 2. The molecule has 0 radical (unpaired) electrons. The highest BCUT2D eigenvalue weighted by molar-refractivity contribution is 7.89. The van der Waals surface area contributed by atoms with Gasteiger partial charge in [-0.25, -0.2) is 21.9 Å². The van der Waals surface area contributed by atoms with E-state index in [0.29, 0.717) is 12.0 Å². The van der Waals surface area contributed by atoms with Crippen LogP contribution in [0, 0.1) is 23.0 Å². The molecule has 5 nitrogen and oxygen atoms in total. The zero-order chi connectivity index (χ0) is 28.8. The third kappa shape index (κ3) is 5.13. The molecule has 41 heavy (non-hydrogen) atoms. The van der Waals surface area contributed by atoms with Gasteiger partial charge in [0.1, 0.15) is 16.5 Å². The van der Waals surface area contributed by atoms with Crippen molar-refractivity contribution in [2.45, 2.75) is 37.5 Å². The van der Waals surface area contributed by atoms with Crippen LogP contribution in [0.2, 0.25) is 5.02 Å². The molecule has 0 bridgehead atoms. The number of rotatable bonds is 8. The highest BCUT2D eigenvalue weighted by Gasteiger charge is 2.47. The first-order chi connectivity index (χ1) is 19.7. The molecule has 212 valence electrons. The number of nitrogens with zero attached hydrogens (tertiary/aromatic N) is 3. The second kappa shape index (κ2) is 10.8. The average molecular weight is 594 g/mol. The maximum absolute atomic E-state index is 14.5. The van der Waals surface area contributed by atoms with E-state index in [9.17, 15) is 17.2 Å². The van der Waals surface area contributed by atoms with E-state index in [-0.39, 0.29) is 52.4 Å². The zero-order valence-corrected chi connectivity index (χ0v) is 24.2. The predicted molar refractivity (Wildman–Crippen MR) is 156 cm³/mol. The topological polar surface area (TPSA) is 55.2 Å². The molecule has 0 saturated heterocycles. The molecule has 4 aromatic rings. The molecule has 1 aromatic heterocycles. The fourth-order valence-corrected chi connectivity index (χ4v) is 8.29. The minimum absolute atomic E-state index is 0.0361. The van der Waals surface area contributed by atoms with E-state index in [0.717, 1.165) is 29.8 Å². The van der Waals surface area contributed by atoms with Crippen LogP contribution in [0.1, 0.15) is 36.6 Å². The third-order valence-electron chi connectivity index (χ3n) is 8.69. The maximum Gasteiger partial charge on any atom is 0.244 e. The second-order valence-electron chi connectivity index (χ2n) is 11.1. The molecule has 0 amide bonds. The van der Waals surface area contributed by atoms with Gasteiger partial charge in [-0.15, -0.1) is 0 Å². The fourth-order valence-electron chi connectivity index (χ4n) is 6.31. The summed E-state index contributed by atoms with van der Waals surface area (Å²) in [5.74, 6) is -0.613. The summed E-state index contributed by atoms with van der Waals surface area (Å²) in [6.07, 6.45) is 6.64. The van der Waals surface area contributed by atoms with E-state index in [2.05, 4.69) is 18.1 Å². The lowest BCUT2D eigenvalue weighted by Crippen LogP contribution is -2.41. The molecule has 6 rings (SSSR count). The number of fused-ring (bicyclic) bond motifs is 2. The highest BCUT2D eigenvalue weighted by atomic mass is 35.5. The second-order valence-corrected chi connectivity index (χ2v) is 13.4. The molecule has 0 unspecified atom stereocenters. The van der Waals surface area contributed by atoms with Crippen molar-refractivity contribution in [3.05, 3.63) is 118 Å². The van der Waals surface area contributed by atoms with E-state index in [4.69, 9.17) is 11.6 Å².